The number of ether oxygens (including phenoxy) is 3. The fourth-order valence-electron chi connectivity index (χ4n) is 2.53. The van der Waals surface area contributed by atoms with E-state index in [1.165, 1.54) is 0 Å². The van der Waals surface area contributed by atoms with Gasteiger partial charge in [0.2, 0.25) is 0 Å². The van der Waals surface area contributed by atoms with Crippen molar-refractivity contribution in [3.05, 3.63) is 0 Å². The van der Waals surface area contributed by atoms with E-state index in [9.17, 15) is 4.79 Å². The van der Waals surface area contributed by atoms with Gasteiger partial charge in [0.25, 0.3) is 0 Å². The summed E-state index contributed by atoms with van der Waals surface area (Å²) in [7, 11) is 0. The van der Waals surface area contributed by atoms with Gasteiger partial charge in [0.1, 0.15) is 0 Å². The van der Waals surface area contributed by atoms with Gasteiger partial charge in [0.05, 0.1) is 38.0 Å². The Kier molecular flexibility index (Phi) is 16.8. The van der Waals surface area contributed by atoms with E-state index in [0.29, 0.717) is 72.1 Å². The summed E-state index contributed by atoms with van der Waals surface area (Å²) in [4.78, 5) is 12.5. The maximum Gasteiger partial charge on any atom is 0.185 e. The second-order valence-corrected chi connectivity index (χ2v) is 7.34. The van der Waals surface area contributed by atoms with Gasteiger partial charge >= 0.3 is 0 Å². The van der Waals surface area contributed by atoms with Crippen molar-refractivity contribution >= 4 is 11.7 Å². The Balaban J connectivity index is 3.65. The number of ketones is 1. The Labute approximate surface area is 175 Å². The molecule has 0 amide bonds. The highest BCUT2D eigenvalue weighted by molar-refractivity contribution is 5.92. The summed E-state index contributed by atoms with van der Waals surface area (Å²) in [6.07, 6.45) is 2.88. The van der Waals surface area contributed by atoms with Crippen molar-refractivity contribution in [1.82, 2.24) is 10.6 Å². The molecule has 0 aliphatic carbocycles. The van der Waals surface area contributed by atoms with E-state index in [2.05, 4.69) is 10.6 Å². The van der Waals surface area contributed by atoms with E-state index in [1.807, 2.05) is 13.8 Å². The van der Waals surface area contributed by atoms with Gasteiger partial charge in [-0.2, -0.15) is 0 Å². The molecule has 9 N–H and O–H groups in total. The van der Waals surface area contributed by atoms with Gasteiger partial charge in [-0.15, -0.1) is 0 Å². The largest absolute Gasteiger partial charge is 0.379 e. The normalized spacial score (nSPS) is 12.7. The van der Waals surface area contributed by atoms with Crippen LogP contribution in [-0.2, 0) is 19.0 Å². The molecule has 172 valence electrons. The molecule has 0 aromatic rings. The lowest BCUT2D eigenvalue weighted by molar-refractivity contribution is -0.125. The molecule has 29 heavy (non-hydrogen) atoms. The molecule has 0 heterocycles. The lowest BCUT2D eigenvalue weighted by Gasteiger charge is -2.28. The topological polar surface area (TPSA) is 171 Å². The molecule has 0 aromatic heterocycles. The number of nitrogens with one attached hydrogen (secondary N) is 3. The van der Waals surface area contributed by atoms with Crippen LogP contribution in [0.5, 0.6) is 0 Å². The summed E-state index contributed by atoms with van der Waals surface area (Å²) >= 11 is 0. The number of Topliss-reactive ketones (excluding diaryl/α,β-unsaturated/α-hetero) is 1. The molecule has 0 rings (SSSR count). The first kappa shape index (κ1) is 27.7. The van der Waals surface area contributed by atoms with Crippen LogP contribution in [0.3, 0.4) is 0 Å². The average Bonchev–Trinajstić information content (AvgIpc) is 2.67. The van der Waals surface area contributed by atoms with E-state index < -0.39 is 11.6 Å². The first-order valence-corrected chi connectivity index (χ1v) is 10.4. The van der Waals surface area contributed by atoms with Gasteiger partial charge in [-0.25, -0.2) is 0 Å². The van der Waals surface area contributed by atoms with Crippen molar-refractivity contribution < 1.29 is 19.0 Å². The lowest BCUT2D eigenvalue weighted by atomic mass is 9.91. The molecule has 1 atom stereocenters. The number of hydrogen-bond acceptors (Lipinski definition) is 8. The zero-order valence-electron chi connectivity index (χ0n) is 18.1. The molecule has 0 aliphatic heterocycles. The zero-order valence-corrected chi connectivity index (χ0v) is 18.1. The van der Waals surface area contributed by atoms with Crippen molar-refractivity contribution in [2.24, 2.45) is 17.2 Å². The van der Waals surface area contributed by atoms with Crippen molar-refractivity contribution in [2.45, 2.75) is 51.1 Å². The third-order valence-electron chi connectivity index (χ3n) is 4.23. The summed E-state index contributed by atoms with van der Waals surface area (Å²) in [6, 6.07) is -0.543. The van der Waals surface area contributed by atoms with Gasteiger partial charge in [-0.3, -0.25) is 10.2 Å². The van der Waals surface area contributed by atoms with Gasteiger partial charge in [-0.05, 0) is 52.6 Å². The highest BCUT2D eigenvalue weighted by atomic mass is 16.5. The van der Waals surface area contributed by atoms with Crippen LogP contribution in [0.4, 0.5) is 0 Å². The maximum absolute atomic E-state index is 12.5. The number of carbonyl (C=O) groups excluding carboxylic acids is 1. The number of nitrogens with two attached hydrogens (primary N) is 3. The molecule has 0 bridgehead atoms. The van der Waals surface area contributed by atoms with Crippen LogP contribution >= 0.6 is 0 Å². The van der Waals surface area contributed by atoms with Crippen LogP contribution in [0.1, 0.15) is 39.5 Å². The minimum absolute atomic E-state index is 0.0247. The predicted molar refractivity (Wildman–Crippen MR) is 115 cm³/mol. The fraction of sp³-hybridized carbons (Fsp3) is 0.895. The summed E-state index contributed by atoms with van der Waals surface area (Å²) < 4.78 is 16.3. The molecule has 10 heteroatoms. The minimum Gasteiger partial charge on any atom is -0.379 e. The Morgan fingerprint density at radius 2 is 1.52 bits per heavy atom. The van der Waals surface area contributed by atoms with E-state index in [-0.39, 0.29) is 11.7 Å². The third kappa shape index (κ3) is 16.2. The summed E-state index contributed by atoms with van der Waals surface area (Å²) in [5.74, 6) is -0.101. The van der Waals surface area contributed by atoms with Crippen molar-refractivity contribution in [3.8, 4) is 0 Å². The van der Waals surface area contributed by atoms with Crippen molar-refractivity contribution in [2.75, 3.05) is 59.3 Å². The quantitative estimate of drug-likeness (QED) is 0.0850. The molecule has 0 radical (unpaired) electrons. The van der Waals surface area contributed by atoms with E-state index in [1.54, 1.807) is 0 Å². The van der Waals surface area contributed by atoms with Crippen LogP contribution in [0, 0.1) is 5.41 Å². The van der Waals surface area contributed by atoms with Crippen LogP contribution in [-0.4, -0.2) is 82.6 Å². The van der Waals surface area contributed by atoms with Gasteiger partial charge in [0, 0.05) is 19.8 Å². The summed E-state index contributed by atoms with van der Waals surface area (Å²) in [6.45, 7) is 8.97. The number of hydrogen-bond donors (Lipinski definition) is 6. The monoisotopic (exact) mass is 418 g/mol. The summed E-state index contributed by atoms with van der Waals surface area (Å²) in [5.41, 5.74) is 15.9. The zero-order chi connectivity index (χ0) is 22.0. The molecule has 0 saturated heterocycles. The van der Waals surface area contributed by atoms with Crippen LogP contribution in [0.15, 0.2) is 0 Å². The van der Waals surface area contributed by atoms with Gasteiger partial charge < -0.3 is 42.0 Å². The molecule has 0 aromatic carbocycles. The van der Waals surface area contributed by atoms with Gasteiger partial charge in [-0.1, -0.05) is 0 Å². The highest BCUT2D eigenvalue weighted by Crippen LogP contribution is 2.09. The summed E-state index contributed by atoms with van der Waals surface area (Å²) in [5, 5.41) is 13.0. The van der Waals surface area contributed by atoms with Crippen molar-refractivity contribution in [3.63, 3.8) is 0 Å². The van der Waals surface area contributed by atoms with Gasteiger partial charge in [0.15, 0.2) is 11.7 Å². The molecule has 0 aliphatic rings. The first-order chi connectivity index (χ1) is 13.8. The van der Waals surface area contributed by atoms with E-state index >= 15 is 0 Å². The Hall–Kier alpha value is -1.30. The van der Waals surface area contributed by atoms with E-state index in [0.717, 1.165) is 12.8 Å². The molecule has 0 saturated carbocycles. The molecule has 1 unspecified atom stereocenters. The SMILES string of the molecule is CC(C)(NCCCOCCOCCOCCCN)C(=O)C(N)CCCNC(=N)N. The molecule has 10 nitrogen and oxygen atoms in total. The molecule has 0 fully saturated rings. The number of rotatable bonds is 20. The van der Waals surface area contributed by atoms with Crippen molar-refractivity contribution in [1.29, 1.82) is 5.41 Å². The fourth-order valence-corrected chi connectivity index (χ4v) is 2.53. The molecule has 0 spiro atoms. The van der Waals surface area contributed by atoms with E-state index in [4.69, 9.17) is 36.8 Å². The predicted octanol–water partition coefficient (Wildman–Crippen LogP) is -0.697. The molecular formula is C19H42N6O4. The van der Waals surface area contributed by atoms with Crippen LogP contribution < -0.4 is 27.8 Å². The Morgan fingerprint density at radius 1 is 0.966 bits per heavy atom. The second kappa shape index (κ2) is 17.5. The Morgan fingerprint density at radius 3 is 2.07 bits per heavy atom. The maximum atomic E-state index is 12.5. The third-order valence-corrected chi connectivity index (χ3v) is 4.23. The Bertz CT molecular complexity index is 437. The van der Waals surface area contributed by atoms with Crippen LogP contribution in [0.2, 0.25) is 0 Å². The number of carbonyl (C=O) groups is 1. The average molecular weight is 419 g/mol. The smallest absolute Gasteiger partial charge is 0.185 e. The first-order valence-electron chi connectivity index (χ1n) is 10.4. The highest BCUT2D eigenvalue weighted by Gasteiger charge is 2.30. The second-order valence-electron chi connectivity index (χ2n) is 7.34. The lowest BCUT2D eigenvalue weighted by Crippen LogP contribution is -2.54. The molecular weight excluding hydrogens is 376 g/mol. The standard InChI is InChI=1S/C19H42N6O4/c1-19(2,17(26)16(21)6-3-8-24-18(22)23)25-9-5-11-28-13-15-29-14-12-27-10-4-7-20/h16,25H,3-15,20-21H2,1-2H3,(H4,22,23,24). The number of guanidine groups is 1. The van der Waals surface area contributed by atoms with Crippen LogP contribution in [0.25, 0.3) is 0 Å². The minimum atomic E-state index is -0.694.